The van der Waals surface area contributed by atoms with Gasteiger partial charge in [-0.1, -0.05) is 25.4 Å². The van der Waals surface area contributed by atoms with Crippen molar-refractivity contribution in [2.45, 2.75) is 51.0 Å². The molecule has 0 bridgehead atoms. The number of pyridine rings is 1. The summed E-state index contributed by atoms with van der Waals surface area (Å²) >= 11 is 5.86. The lowest BCUT2D eigenvalue weighted by Crippen LogP contribution is -2.22. The summed E-state index contributed by atoms with van der Waals surface area (Å²) < 4.78 is 64.7. The van der Waals surface area contributed by atoms with Crippen LogP contribution in [0.3, 0.4) is 0 Å². The van der Waals surface area contributed by atoms with E-state index >= 15 is 4.39 Å². The van der Waals surface area contributed by atoms with Gasteiger partial charge in [0.05, 0.1) is 24.1 Å². The molecule has 0 amide bonds. The molecule has 1 aliphatic rings. The van der Waals surface area contributed by atoms with Crippen LogP contribution in [-0.4, -0.2) is 35.8 Å². The molecule has 3 heterocycles. The molecule has 12 heteroatoms. The van der Waals surface area contributed by atoms with E-state index in [1.807, 2.05) is 13.8 Å². The Morgan fingerprint density at radius 1 is 1.26 bits per heavy atom. The zero-order valence-electron chi connectivity index (χ0n) is 19.6. The largest absolute Gasteiger partial charge is 0.480 e. The van der Waals surface area contributed by atoms with E-state index < -0.39 is 33.3 Å². The van der Waals surface area contributed by atoms with E-state index in [9.17, 15) is 17.6 Å². The van der Waals surface area contributed by atoms with Gasteiger partial charge in [0.15, 0.2) is 16.5 Å². The minimum atomic E-state index is -4.35. The number of halogens is 3. The van der Waals surface area contributed by atoms with Gasteiger partial charge in [-0.15, -0.1) is 0 Å². The van der Waals surface area contributed by atoms with Gasteiger partial charge in [0, 0.05) is 36.8 Å². The van der Waals surface area contributed by atoms with Crippen molar-refractivity contribution in [2.24, 2.45) is 0 Å². The summed E-state index contributed by atoms with van der Waals surface area (Å²) in [6.45, 7) is 5.61. The van der Waals surface area contributed by atoms with E-state index in [1.54, 1.807) is 4.57 Å². The van der Waals surface area contributed by atoms with Gasteiger partial charge in [0.25, 0.3) is 10.0 Å². The van der Waals surface area contributed by atoms with Gasteiger partial charge in [-0.05, 0) is 31.0 Å². The SMILES string of the molecule is CC.COc1ncc(Cl)cc1S(=O)(=O)Nc1ccc(F)c([C@@H]2CCc3c(C(C)=O)ncn3C2)c1F. The molecule has 0 radical (unpaired) electrons. The smallest absolute Gasteiger partial charge is 0.267 e. The van der Waals surface area contributed by atoms with Crippen LogP contribution in [0.2, 0.25) is 5.02 Å². The average Bonchev–Trinajstić information content (AvgIpc) is 3.26. The summed E-state index contributed by atoms with van der Waals surface area (Å²) in [5.41, 5.74) is 0.404. The highest BCUT2D eigenvalue weighted by Crippen LogP contribution is 2.36. The van der Waals surface area contributed by atoms with Crippen molar-refractivity contribution < 1.29 is 26.7 Å². The predicted molar refractivity (Wildman–Crippen MR) is 128 cm³/mol. The van der Waals surface area contributed by atoms with Crippen molar-refractivity contribution in [3.05, 3.63) is 64.3 Å². The number of benzene rings is 1. The van der Waals surface area contributed by atoms with Gasteiger partial charge in [-0.2, -0.15) is 0 Å². The monoisotopic (exact) mass is 526 g/mol. The van der Waals surface area contributed by atoms with Crippen LogP contribution in [0.4, 0.5) is 14.5 Å². The third-order valence-electron chi connectivity index (χ3n) is 5.47. The Morgan fingerprint density at radius 3 is 2.63 bits per heavy atom. The van der Waals surface area contributed by atoms with Gasteiger partial charge in [0.2, 0.25) is 5.88 Å². The van der Waals surface area contributed by atoms with Crippen LogP contribution >= 0.6 is 11.6 Å². The second-order valence-corrected chi connectivity index (χ2v) is 9.66. The Kier molecular flexibility index (Phi) is 8.11. The van der Waals surface area contributed by atoms with Gasteiger partial charge in [-0.25, -0.2) is 27.2 Å². The van der Waals surface area contributed by atoms with E-state index in [2.05, 4.69) is 14.7 Å². The van der Waals surface area contributed by atoms with E-state index in [0.717, 1.165) is 23.9 Å². The number of hydrogen-bond donors (Lipinski definition) is 1. The highest BCUT2D eigenvalue weighted by Gasteiger charge is 2.30. The van der Waals surface area contributed by atoms with E-state index in [1.165, 1.54) is 26.6 Å². The van der Waals surface area contributed by atoms with Crippen molar-refractivity contribution in [1.29, 1.82) is 0 Å². The summed E-state index contributed by atoms with van der Waals surface area (Å²) in [7, 11) is -3.12. The van der Waals surface area contributed by atoms with Crippen molar-refractivity contribution in [3.63, 3.8) is 0 Å². The van der Waals surface area contributed by atoms with Crippen LogP contribution < -0.4 is 9.46 Å². The van der Waals surface area contributed by atoms with Crippen LogP contribution in [-0.2, 0) is 23.0 Å². The molecule has 1 aliphatic heterocycles. The molecule has 8 nitrogen and oxygen atoms in total. The number of carbonyl (C=O) groups excluding carboxylic acids is 1. The number of nitrogens with one attached hydrogen (secondary N) is 1. The minimum Gasteiger partial charge on any atom is -0.480 e. The average molecular weight is 527 g/mol. The molecular formula is C23H25ClF2N4O4S. The maximum atomic E-state index is 15.4. The first-order chi connectivity index (χ1) is 16.6. The Morgan fingerprint density at radius 2 is 1.97 bits per heavy atom. The number of aromatic nitrogens is 3. The number of fused-ring (bicyclic) bond motifs is 1. The molecule has 0 saturated carbocycles. The molecule has 1 N–H and O–H groups in total. The molecule has 0 fully saturated rings. The van der Waals surface area contributed by atoms with Crippen molar-refractivity contribution in [3.8, 4) is 5.88 Å². The molecule has 0 unspecified atom stereocenters. The summed E-state index contributed by atoms with van der Waals surface area (Å²) in [5.74, 6) is -2.80. The van der Waals surface area contributed by atoms with E-state index in [0.29, 0.717) is 18.5 Å². The lowest BCUT2D eigenvalue weighted by atomic mass is 9.89. The van der Waals surface area contributed by atoms with E-state index in [-0.39, 0.29) is 33.7 Å². The second-order valence-electron chi connectivity index (χ2n) is 7.57. The number of imidazole rings is 1. The lowest BCUT2D eigenvalue weighted by Gasteiger charge is -2.26. The second kappa shape index (κ2) is 10.7. The third kappa shape index (κ3) is 5.30. The maximum absolute atomic E-state index is 15.4. The van der Waals surface area contributed by atoms with Gasteiger partial charge >= 0.3 is 0 Å². The molecule has 0 spiro atoms. The van der Waals surface area contributed by atoms with Gasteiger partial charge < -0.3 is 9.30 Å². The highest BCUT2D eigenvalue weighted by molar-refractivity contribution is 7.92. The van der Waals surface area contributed by atoms with Crippen molar-refractivity contribution in [1.82, 2.24) is 14.5 Å². The molecule has 188 valence electrons. The van der Waals surface area contributed by atoms with Crippen LogP contribution in [0.5, 0.6) is 5.88 Å². The molecule has 1 aromatic carbocycles. The first-order valence-corrected chi connectivity index (χ1v) is 12.7. The molecule has 1 atom stereocenters. The summed E-state index contributed by atoms with van der Waals surface area (Å²) in [5, 5.41) is 0.0414. The topological polar surface area (TPSA) is 103 Å². The number of methoxy groups -OCH3 is 1. The Balaban J connectivity index is 0.00000167. The zero-order chi connectivity index (χ0) is 25.9. The standard InChI is InChI=1S/C21H19ClF2N4O4S.C2H6/c1-11(29)20-16-6-3-12(9-28(16)10-26-20)18-14(23)4-5-15(19(18)24)27-33(30,31)17-7-13(22)8-25-21(17)32-2;1-2/h4-5,7-8,10,12,27H,3,6,9H2,1-2H3;1-2H3/t12-;/m1./s1. The van der Waals surface area contributed by atoms with Gasteiger partial charge in [-0.3, -0.25) is 9.52 Å². The predicted octanol–water partition coefficient (Wildman–Crippen LogP) is 4.98. The number of sulfonamides is 1. The first kappa shape index (κ1) is 26.6. The lowest BCUT2D eigenvalue weighted by molar-refractivity contribution is 0.101. The summed E-state index contributed by atoms with van der Waals surface area (Å²) in [6, 6.07) is 3.13. The molecule has 0 saturated heterocycles. The highest BCUT2D eigenvalue weighted by atomic mass is 35.5. The first-order valence-electron chi connectivity index (χ1n) is 10.9. The Labute approximate surface area is 207 Å². The molecule has 2 aromatic heterocycles. The van der Waals surface area contributed by atoms with Gasteiger partial charge in [0.1, 0.15) is 11.5 Å². The summed E-state index contributed by atoms with van der Waals surface area (Å²) in [6.07, 6.45) is 3.45. The van der Waals surface area contributed by atoms with Crippen molar-refractivity contribution in [2.75, 3.05) is 11.8 Å². The number of Topliss-reactive ketones (excluding diaryl/α,β-unsaturated/α-hetero) is 1. The molecule has 35 heavy (non-hydrogen) atoms. The number of anilines is 1. The normalized spacial score (nSPS) is 15.0. The number of nitrogens with zero attached hydrogens (tertiary/aromatic N) is 3. The fraction of sp³-hybridized carbons (Fsp3) is 0.348. The fourth-order valence-electron chi connectivity index (χ4n) is 3.97. The fourth-order valence-corrected chi connectivity index (χ4v) is 5.40. The number of ketones is 1. The van der Waals surface area contributed by atoms with Crippen LogP contribution in [0.25, 0.3) is 0 Å². The summed E-state index contributed by atoms with van der Waals surface area (Å²) in [4.78, 5) is 19.2. The minimum absolute atomic E-state index is 0.0414. The third-order valence-corrected chi connectivity index (χ3v) is 7.04. The van der Waals surface area contributed by atoms with Crippen LogP contribution in [0.1, 0.15) is 54.9 Å². The number of hydrogen-bond acceptors (Lipinski definition) is 6. The Hall–Kier alpha value is -3.05. The number of rotatable bonds is 6. The molecule has 3 aromatic rings. The molecule has 0 aliphatic carbocycles. The van der Waals surface area contributed by atoms with Crippen LogP contribution in [0.15, 0.2) is 35.6 Å². The number of carbonyl (C=O) groups is 1. The molecular weight excluding hydrogens is 502 g/mol. The van der Waals surface area contributed by atoms with E-state index in [4.69, 9.17) is 16.3 Å². The molecule has 4 rings (SSSR count). The number of ether oxygens (including phenoxy) is 1. The Bertz CT molecular complexity index is 1360. The van der Waals surface area contributed by atoms with Crippen molar-refractivity contribution >= 4 is 33.1 Å². The zero-order valence-corrected chi connectivity index (χ0v) is 21.2. The van der Waals surface area contributed by atoms with Crippen LogP contribution in [0, 0.1) is 11.6 Å². The quantitative estimate of drug-likeness (QED) is 0.454. The maximum Gasteiger partial charge on any atom is 0.267 e.